The van der Waals surface area contributed by atoms with E-state index in [4.69, 9.17) is 4.74 Å². The van der Waals surface area contributed by atoms with Crippen molar-refractivity contribution in [3.63, 3.8) is 0 Å². The SMILES string of the molecule is C=C1C=C(C2=C[C@@H](CC)N2)C=CN1CC(C)/C=C/c1cc(C)c(C)c(OC)c1. The zero-order valence-corrected chi connectivity index (χ0v) is 17.8. The minimum absolute atomic E-state index is 0.398. The molecule has 3 heteroatoms. The van der Waals surface area contributed by atoms with E-state index in [2.05, 4.69) is 93.2 Å². The van der Waals surface area contributed by atoms with Crippen LogP contribution in [0.1, 0.15) is 37.0 Å². The van der Waals surface area contributed by atoms with E-state index in [-0.39, 0.29) is 0 Å². The number of allylic oxidation sites excluding steroid dienone is 2. The number of rotatable bonds is 7. The molecule has 3 nitrogen and oxygen atoms in total. The molecule has 0 fully saturated rings. The zero-order chi connectivity index (χ0) is 20.3. The van der Waals surface area contributed by atoms with Gasteiger partial charge in [-0.3, -0.25) is 0 Å². The Morgan fingerprint density at radius 3 is 2.71 bits per heavy atom. The average molecular weight is 377 g/mol. The molecule has 1 aromatic rings. The van der Waals surface area contributed by atoms with Crippen molar-refractivity contribution in [1.82, 2.24) is 10.2 Å². The number of methoxy groups -OCH3 is 1. The molecule has 0 amide bonds. The lowest BCUT2D eigenvalue weighted by Gasteiger charge is -2.32. The minimum Gasteiger partial charge on any atom is -0.496 e. The fraction of sp³-hybridized carbons (Fsp3) is 0.360. The lowest BCUT2D eigenvalue weighted by atomic mass is 9.98. The number of nitrogens with zero attached hydrogens (tertiary/aromatic N) is 1. The summed E-state index contributed by atoms with van der Waals surface area (Å²) in [5.74, 6) is 1.34. The first-order valence-corrected chi connectivity index (χ1v) is 10.1. The molecular weight excluding hydrogens is 344 g/mol. The summed E-state index contributed by atoms with van der Waals surface area (Å²) in [6.07, 6.45) is 14.3. The summed E-state index contributed by atoms with van der Waals surface area (Å²) in [4.78, 5) is 2.22. The summed E-state index contributed by atoms with van der Waals surface area (Å²) >= 11 is 0. The molecule has 3 rings (SSSR count). The van der Waals surface area contributed by atoms with E-state index in [0.717, 1.165) is 24.4 Å². The maximum atomic E-state index is 5.49. The molecule has 0 bridgehead atoms. The summed E-state index contributed by atoms with van der Waals surface area (Å²) in [7, 11) is 1.73. The molecule has 0 saturated carbocycles. The highest BCUT2D eigenvalue weighted by molar-refractivity contribution is 5.56. The summed E-state index contributed by atoms with van der Waals surface area (Å²) in [5, 5.41) is 3.49. The Hall–Kier alpha value is -2.68. The molecule has 28 heavy (non-hydrogen) atoms. The van der Waals surface area contributed by atoms with Crippen LogP contribution in [-0.2, 0) is 0 Å². The Bertz CT molecular complexity index is 873. The maximum absolute atomic E-state index is 5.49. The molecular formula is C25H32N2O. The second-order valence-corrected chi connectivity index (χ2v) is 7.80. The van der Waals surface area contributed by atoms with E-state index < -0.39 is 0 Å². The molecule has 2 atom stereocenters. The van der Waals surface area contributed by atoms with Crippen LogP contribution in [0, 0.1) is 19.8 Å². The Morgan fingerprint density at radius 2 is 2.07 bits per heavy atom. The van der Waals surface area contributed by atoms with Crippen molar-refractivity contribution in [2.45, 2.75) is 40.2 Å². The van der Waals surface area contributed by atoms with Crippen LogP contribution in [0.2, 0.25) is 0 Å². The highest BCUT2D eigenvalue weighted by Crippen LogP contribution is 2.27. The van der Waals surface area contributed by atoms with Crippen molar-refractivity contribution in [3.05, 3.63) is 82.9 Å². The molecule has 1 N–H and O–H groups in total. The zero-order valence-electron chi connectivity index (χ0n) is 17.8. The summed E-state index contributed by atoms with van der Waals surface area (Å²) < 4.78 is 5.49. The second-order valence-electron chi connectivity index (χ2n) is 7.80. The van der Waals surface area contributed by atoms with Crippen LogP contribution in [0.15, 0.2) is 66.2 Å². The topological polar surface area (TPSA) is 24.5 Å². The van der Waals surface area contributed by atoms with Crippen LogP contribution in [0.5, 0.6) is 5.75 Å². The van der Waals surface area contributed by atoms with Crippen molar-refractivity contribution in [2.24, 2.45) is 5.92 Å². The Balaban J connectivity index is 1.60. The molecule has 0 aliphatic carbocycles. The molecule has 0 saturated heterocycles. The van der Waals surface area contributed by atoms with Crippen LogP contribution in [0.3, 0.4) is 0 Å². The first kappa shape index (κ1) is 20.1. The third-order valence-corrected chi connectivity index (χ3v) is 5.55. The van der Waals surface area contributed by atoms with Gasteiger partial charge in [0, 0.05) is 35.8 Å². The summed E-state index contributed by atoms with van der Waals surface area (Å²) in [6.45, 7) is 13.8. The van der Waals surface area contributed by atoms with Crippen LogP contribution in [-0.4, -0.2) is 24.6 Å². The summed E-state index contributed by atoms with van der Waals surface area (Å²) in [6, 6.07) is 4.83. The van der Waals surface area contributed by atoms with E-state index in [1.807, 2.05) is 0 Å². The molecule has 2 aliphatic heterocycles. The van der Waals surface area contributed by atoms with Gasteiger partial charge in [0.1, 0.15) is 5.75 Å². The van der Waals surface area contributed by atoms with Crippen molar-refractivity contribution in [2.75, 3.05) is 13.7 Å². The maximum Gasteiger partial charge on any atom is 0.122 e. The molecule has 2 heterocycles. The fourth-order valence-electron chi connectivity index (χ4n) is 3.52. The lowest BCUT2D eigenvalue weighted by molar-refractivity contribution is 0.411. The predicted molar refractivity (Wildman–Crippen MR) is 119 cm³/mol. The monoisotopic (exact) mass is 376 g/mol. The molecule has 148 valence electrons. The van der Waals surface area contributed by atoms with E-state index >= 15 is 0 Å². The van der Waals surface area contributed by atoms with Gasteiger partial charge >= 0.3 is 0 Å². The predicted octanol–water partition coefficient (Wildman–Crippen LogP) is 5.50. The number of benzene rings is 1. The number of ether oxygens (including phenoxy) is 1. The highest BCUT2D eigenvalue weighted by Gasteiger charge is 2.20. The van der Waals surface area contributed by atoms with Gasteiger partial charge in [0.2, 0.25) is 0 Å². The minimum atomic E-state index is 0.398. The number of nitrogens with one attached hydrogen (secondary N) is 1. The standard InChI is InChI=1S/C25H32N2O/c1-7-23-15-24(26-23)22-10-11-27(19(4)13-22)16-17(2)8-9-21-12-18(3)20(5)25(14-21)28-6/h8-15,17,23,26H,4,7,16H2,1-3,5-6H3/b9-8+/t17?,23-/m1/s1. The first-order valence-electron chi connectivity index (χ1n) is 10.1. The van der Waals surface area contributed by atoms with Gasteiger partial charge in [-0.05, 0) is 67.2 Å². The number of hydrogen-bond acceptors (Lipinski definition) is 3. The van der Waals surface area contributed by atoms with E-state index in [0.29, 0.717) is 12.0 Å². The lowest BCUT2D eigenvalue weighted by Crippen LogP contribution is -2.37. The second kappa shape index (κ2) is 8.55. The quantitative estimate of drug-likeness (QED) is 0.680. The van der Waals surface area contributed by atoms with Gasteiger partial charge in [-0.25, -0.2) is 0 Å². The van der Waals surface area contributed by atoms with Crippen LogP contribution in [0.25, 0.3) is 6.08 Å². The van der Waals surface area contributed by atoms with E-state index in [9.17, 15) is 0 Å². The van der Waals surface area contributed by atoms with Crippen LogP contribution >= 0.6 is 0 Å². The van der Waals surface area contributed by atoms with Gasteiger partial charge in [0.05, 0.1) is 7.11 Å². The van der Waals surface area contributed by atoms with Gasteiger partial charge in [0.15, 0.2) is 0 Å². The van der Waals surface area contributed by atoms with E-state index in [1.54, 1.807) is 7.11 Å². The normalized spacial score (nSPS) is 19.8. The molecule has 2 aliphatic rings. The molecule has 1 aromatic carbocycles. The van der Waals surface area contributed by atoms with Gasteiger partial charge in [-0.1, -0.05) is 38.6 Å². The van der Waals surface area contributed by atoms with Crippen molar-refractivity contribution < 1.29 is 4.74 Å². The van der Waals surface area contributed by atoms with Gasteiger partial charge in [0.25, 0.3) is 0 Å². The van der Waals surface area contributed by atoms with Crippen LogP contribution < -0.4 is 10.1 Å². The van der Waals surface area contributed by atoms with Gasteiger partial charge in [-0.2, -0.15) is 0 Å². The van der Waals surface area contributed by atoms with Crippen molar-refractivity contribution >= 4 is 6.08 Å². The number of hydrogen-bond donors (Lipinski definition) is 1. The van der Waals surface area contributed by atoms with Crippen molar-refractivity contribution in [1.29, 1.82) is 0 Å². The highest BCUT2D eigenvalue weighted by atomic mass is 16.5. The smallest absolute Gasteiger partial charge is 0.122 e. The van der Waals surface area contributed by atoms with Gasteiger partial charge < -0.3 is 15.0 Å². The Labute approximate surface area is 169 Å². The molecule has 1 unspecified atom stereocenters. The number of aryl methyl sites for hydroxylation is 1. The Morgan fingerprint density at radius 1 is 1.32 bits per heavy atom. The van der Waals surface area contributed by atoms with Crippen LogP contribution in [0.4, 0.5) is 0 Å². The third-order valence-electron chi connectivity index (χ3n) is 5.55. The summed E-state index contributed by atoms with van der Waals surface area (Å²) in [5.41, 5.74) is 7.10. The largest absolute Gasteiger partial charge is 0.496 e. The average Bonchev–Trinajstić information content (AvgIpc) is 2.64. The first-order chi connectivity index (χ1) is 13.4. The molecule has 0 spiro atoms. The fourth-order valence-corrected chi connectivity index (χ4v) is 3.52. The van der Waals surface area contributed by atoms with E-state index in [1.165, 1.54) is 28.0 Å². The van der Waals surface area contributed by atoms with Crippen molar-refractivity contribution in [3.8, 4) is 5.75 Å². The van der Waals surface area contributed by atoms with Gasteiger partial charge in [-0.15, -0.1) is 0 Å². The molecule has 0 aromatic heterocycles. The Kier molecular flexibility index (Phi) is 6.13. The molecule has 0 radical (unpaired) electrons. The third kappa shape index (κ3) is 4.41.